The summed E-state index contributed by atoms with van der Waals surface area (Å²) in [7, 11) is 1.96. The van der Waals surface area contributed by atoms with Crippen LogP contribution in [0.3, 0.4) is 0 Å². The summed E-state index contributed by atoms with van der Waals surface area (Å²) in [5.41, 5.74) is 12.0. The van der Waals surface area contributed by atoms with Crippen molar-refractivity contribution >= 4 is 44.5 Å². The third-order valence-corrected chi connectivity index (χ3v) is 5.40. The molecule has 0 radical (unpaired) electrons. The number of aromatic nitrogens is 4. The standard InChI is InChI=1S/C20H19BrN6/c1-12-18(13(2)26(3)25-12)14-9-10-17-16(11-14)19(24-20(22)23-17)27(21)15-7-5-4-6-8-15/h4-11H,1-3H3,(H2,22,23,24). The molecule has 0 amide bonds. The number of hydrogen-bond acceptors (Lipinski definition) is 5. The number of nitrogens with zero attached hydrogens (tertiary/aromatic N) is 5. The molecule has 0 unspecified atom stereocenters. The van der Waals surface area contributed by atoms with Gasteiger partial charge in [0.2, 0.25) is 5.95 Å². The molecule has 7 heteroatoms. The second-order valence-electron chi connectivity index (χ2n) is 6.42. The van der Waals surface area contributed by atoms with Crippen LogP contribution >= 0.6 is 16.1 Å². The van der Waals surface area contributed by atoms with Crippen molar-refractivity contribution in [3.63, 3.8) is 0 Å². The van der Waals surface area contributed by atoms with E-state index in [1.807, 2.05) is 59.0 Å². The molecule has 2 N–H and O–H groups in total. The number of benzene rings is 2. The molecule has 0 bridgehead atoms. The van der Waals surface area contributed by atoms with E-state index in [4.69, 9.17) is 5.73 Å². The molecule has 2 aromatic carbocycles. The number of fused-ring (bicyclic) bond motifs is 1. The lowest BCUT2D eigenvalue weighted by Gasteiger charge is -2.18. The molecule has 4 aromatic rings. The molecule has 0 aliphatic heterocycles. The van der Waals surface area contributed by atoms with Crippen molar-refractivity contribution in [2.45, 2.75) is 13.8 Å². The Morgan fingerprint density at radius 3 is 2.44 bits per heavy atom. The van der Waals surface area contributed by atoms with Crippen LogP contribution in [0.2, 0.25) is 0 Å². The molecule has 0 aliphatic carbocycles. The lowest BCUT2D eigenvalue weighted by Crippen LogP contribution is -2.07. The van der Waals surface area contributed by atoms with Crippen molar-refractivity contribution in [2.75, 3.05) is 9.66 Å². The van der Waals surface area contributed by atoms with E-state index >= 15 is 0 Å². The molecule has 6 nitrogen and oxygen atoms in total. The van der Waals surface area contributed by atoms with Crippen LogP contribution in [-0.2, 0) is 7.05 Å². The van der Waals surface area contributed by atoms with Crippen molar-refractivity contribution < 1.29 is 0 Å². The average Bonchev–Trinajstić information content (AvgIpc) is 2.92. The van der Waals surface area contributed by atoms with Gasteiger partial charge < -0.3 is 5.73 Å². The first-order valence-electron chi connectivity index (χ1n) is 8.54. The van der Waals surface area contributed by atoms with Crippen molar-refractivity contribution in [1.29, 1.82) is 0 Å². The molecule has 2 heterocycles. The van der Waals surface area contributed by atoms with Gasteiger partial charge in [0.25, 0.3) is 0 Å². The fraction of sp³-hybridized carbons (Fsp3) is 0.150. The Labute approximate surface area is 166 Å². The SMILES string of the molecule is Cc1nn(C)c(C)c1-c1ccc2nc(N)nc(N(Br)c3ccccc3)c2c1. The number of rotatable bonds is 3. The molecule has 136 valence electrons. The summed E-state index contributed by atoms with van der Waals surface area (Å²) in [6, 6.07) is 16.0. The molecule has 0 saturated heterocycles. The zero-order chi connectivity index (χ0) is 19.1. The normalized spacial score (nSPS) is 11.1. The number of nitrogen functional groups attached to an aromatic ring is 1. The third kappa shape index (κ3) is 3.04. The van der Waals surface area contributed by atoms with Gasteiger partial charge in [-0.05, 0) is 43.7 Å². The van der Waals surface area contributed by atoms with Crippen LogP contribution in [-0.4, -0.2) is 19.7 Å². The van der Waals surface area contributed by atoms with Gasteiger partial charge in [-0.2, -0.15) is 10.1 Å². The molecule has 0 fully saturated rings. The quantitative estimate of drug-likeness (QED) is 0.485. The molecular formula is C20H19BrN6. The maximum absolute atomic E-state index is 5.96. The van der Waals surface area contributed by atoms with Crippen LogP contribution < -0.4 is 9.66 Å². The summed E-state index contributed by atoms with van der Waals surface area (Å²) in [4.78, 5) is 8.88. The van der Waals surface area contributed by atoms with Gasteiger partial charge in [-0.25, -0.2) is 4.98 Å². The van der Waals surface area contributed by atoms with E-state index < -0.39 is 0 Å². The Bertz CT molecular complexity index is 1140. The summed E-state index contributed by atoms with van der Waals surface area (Å²) >= 11 is 3.63. The fourth-order valence-corrected chi connectivity index (χ4v) is 3.81. The van der Waals surface area contributed by atoms with E-state index in [9.17, 15) is 0 Å². The minimum absolute atomic E-state index is 0.236. The van der Waals surface area contributed by atoms with Crippen LogP contribution in [0.4, 0.5) is 17.5 Å². The van der Waals surface area contributed by atoms with E-state index in [-0.39, 0.29) is 5.95 Å². The molecule has 0 spiro atoms. The molecule has 0 atom stereocenters. The van der Waals surface area contributed by atoms with Gasteiger partial charge in [0.1, 0.15) is 0 Å². The van der Waals surface area contributed by atoms with E-state index in [2.05, 4.69) is 50.3 Å². The maximum Gasteiger partial charge on any atom is 0.222 e. The van der Waals surface area contributed by atoms with E-state index in [0.29, 0.717) is 5.82 Å². The van der Waals surface area contributed by atoms with Crippen LogP contribution in [0.15, 0.2) is 48.5 Å². The highest BCUT2D eigenvalue weighted by molar-refractivity contribution is 9.10. The van der Waals surface area contributed by atoms with Gasteiger partial charge in [-0.15, -0.1) is 0 Å². The zero-order valence-electron chi connectivity index (χ0n) is 15.3. The number of halogens is 1. The number of hydrogen-bond donors (Lipinski definition) is 1. The highest BCUT2D eigenvalue weighted by atomic mass is 79.9. The number of aryl methyl sites for hydroxylation is 2. The summed E-state index contributed by atoms with van der Waals surface area (Å²) < 4.78 is 3.75. The summed E-state index contributed by atoms with van der Waals surface area (Å²) in [5.74, 6) is 0.934. The van der Waals surface area contributed by atoms with E-state index in [0.717, 1.165) is 39.1 Å². The Morgan fingerprint density at radius 2 is 1.78 bits per heavy atom. The highest BCUT2D eigenvalue weighted by Gasteiger charge is 2.17. The summed E-state index contributed by atoms with van der Waals surface area (Å²) in [5, 5.41) is 5.44. The highest BCUT2D eigenvalue weighted by Crippen LogP contribution is 2.36. The van der Waals surface area contributed by atoms with Gasteiger partial charge in [0.05, 0.1) is 33.0 Å². The van der Waals surface area contributed by atoms with Gasteiger partial charge >= 0.3 is 0 Å². The Hall–Kier alpha value is -2.93. The van der Waals surface area contributed by atoms with Crippen LogP contribution in [0.5, 0.6) is 0 Å². The molecule has 0 saturated carbocycles. The lowest BCUT2D eigenvalue weighted by atomic mass is 10.0. The molecule has 0 aliphatic rings. The minimum atomic E-state index is 0.236. The van der Waals surface area contributed by atoms with Crippen molar-refractivity contribution in [3.8, 4) is 11.1 Å². The van der Waals surface area contributed by atoms with Gasteiger partial charge in [0.15, 0.2) is 5.82 Å². The molecule has 4 rings (SSSR count). The first kappa shape index (κ1) is 17.5. The van der Waals surface area contributed by atoms with Crippen LogP contribution in [0.25, 0.3) is 22.0 Å². The fourth-order valence-electron chi connectivity index (χ4n) is 3.31. The van der Waals surface area contributed by atoms with Crippen LogP contribution in [0, 0.1) is 13.8 Å². The molecular weight excluding hydrogens is 404 g/mol. The largest absolute Gasteiger partial charge is 0.368 e. The lowest BCUT2D eigenvalue weighted by molar-refractivity contribution is 0.731. The number of anilines is 3. The van der Waals surface area contributed by atoms with Gasteiger partial charge in [0, 0.05) is 23.7 Å². The minimum Gasteiger partial charge on any atom is -0.368 e. The summed E-state index contributed by atoms with van der Waals surface area (Å²) in [6.45, 7) is 4.09. The van der Waals surface area contributed by atoms with Crippen molar-refractivity contribution in [1.82, 2.24) is 19.7 Å². The maximum atomic E-state index is 5.96. The smallest absolute Gasteiger partial charge is 0.222 e. The Morgan fingerprint density at radius 1 is 1.04 bits per heavy atom. The van der Waals surface area contributed by atoms with E-state index in [1.165, 1.54) is 0 Å². The van der Waals surface area contributed by atoms with E-state index in [1.54, 1.807) is 0 Å². The van der Waals surface area contributed by atoms with Gasteiger partial charge in [-0.3, -0.25) is 8.61 Å². The average molecular weight is 423 g/mol. The molecule has 2 aromatic heterocycles. The van der Waals surface area contributed by atoms with Crippen molar-refractivity contribution in [2.24, 2.45) is 7.05 Å². The molecule has 27 heavy (non-hydrogen) atoms. The first-order valence-corrected chi connectivity index (χ1v) is 9.25. The number of para-hydroxylation sites is 1. The Balaban J connectivity index is 1.94. The number of nitrogens with two attached hydrogens (primary N) is 1. The second-order valence-corrected chi connectivity index (χ2v) is 7.13. The Kier molecular flexibility index (Phi) is 4.31. The van der Waals surface area contributed by atoms with Crippen LogP contribution in [0.1, 0.15) is 11.4 Å². The van der Waals surface area contributed by atoms with Gasteiger partial charge in [-0.1, -0.05) is 24.3 Å². The predicted octanol–water partition coefficient (Wildman–Crippen LogP) is 4.68. The third-order valence-electron chi connectivity index (χ3n) is 4.66. The first-order chi connectivity index (χ1) is 13.0. The zero-order valence-corrected chi connectivity index (χ0v) is 16.9. The monoisotopic (exact) mass is 422 g/mol. The van der Waals surface area contributed by atoms with Crippen molar-refractivity contribution in [3.05, 3.63) is 59.9 Å². The topological polar surface area (TPSA) is 72.9 Å². The predicted molar refractivity (Wildman–Crippen MR) is 113 cm³/mol. The second kappa shape index (κ2) is 6.66. The summed E-state index contributed by atoms with van der Waals surface area (Å²) in [6.07, 6.45) is 0.